The van der Waals surface area contributed by atoms with E-state index in [2.05, 4.69) is 41.2 Å². The SMILES string of the molecule is CCCNC(C)/C=C/c1ccc(-c2ccc(Br)cc2)o1. The van der Waals surface area contributed by atoms with Gasteiger partial charge in [-0.05, 0) is 50.2 Å². The largest absolute Gasteiger partial charge is 0.457 e. The van der Waals surface area contributed by atoms with Crippen LogP contribution >= 0.6 is 15.9 Å². The summed E-state index contributed by atoms with van der Waals surface area (Å²) in [7, 11) is 0. The average molecular weight is 334 g/mol. The van der Waals surface area contributed by atoms with Gasteiger partial charge >= 0.3 is 0 Å². The van der Waals surface area contributed by atoms with E-state index in [0.29, 0.717) is 6.04 Å². The summed E-state index contributed by atoms with van der Waals surface area (Å²) >= 11 is 3.44. The van der Waals surface area contributed by atoms with Crippen molar-refractivity contribution in [2.45, 2.75) is 26.3 Å². The molecule has 0 aliphatic rings. The predicted octanol–water partition coefficient (Wildman–Crippen LogP) is 5.11. The molecule has 0 bridgehead atoms. The highest BCUT2D eigenvalue weighted by Crippen LogP contribution is 2.24. The molecule has 0 fully saturated rings. The van der Waals surface area contributed by atoms with Crippen LogP contribution in [0.3, 0.4) is 0 Å². The molecule has 3 heteroatoms. The van der Waals surface area contributed by atoms with Crippen LogP contribution < -0.4 is 5.32 Å². The van der Waals surface area contributed by atoms with E-state index < -0.39 is 0 Å². The zero-order chi connectivity index (χ0) is 14.4. The van der Waals surface area contributed by atoms with Gasteiger partial charge in [0.05, 0.1) is 0 Å². The summed E-state index contributed by atoms with van der Waals surface area (Å²) in [5.74, 6) is 1.78. The Morgan fingerprint density at radius 1 is 1.20 bits per heavy atom. The van der Waals surface area contributed by atoms with Gasteiger partial charge in [-0.2, -0.15) is 0 Å². The Hall–Kier alpha value is -1.32. The monoisotopic (exact) mass is 333 g/mol. The van der Waals surface area contributed by atoms with Gasteiger partial charge in [-0.1, -0.05) is 41.1 Å². The molecule has 0 spiro atoms. The third kappa shape index (κ3) is 4.36. The molecule has 0 saturated heterocycles. The highest BCUT2D eigenvalue weighted by atomic mass is 79.9. The molecule has 2 nitrogen and oxygen atoms in total. The van der Waals surface area contributed by atoms with Crippen molar-refractivity contribution in [1.82, 2.24) is 5.32 Å². The fourth-order valence-corrected chi connectivity index (χ4v) is 2.16. The highest BCUT2D eigenvalue weighted by Gasteiger charge is 2.03. The first kappa shape index (κ1) is 15.1. The van der Waals surface area contributed by atoms with Gasteiger partial charge in [0, 0.05) is 16.1 Å². The van der Waals surface area contributed by atoms with Gasteiger partial charge in [-0.25, -0.2) is 0 Å². The molecule has 1 N–H and O–H groups in total. The van der Waals surface area contributed by atoms with E-state index in [-0.39, 0.29) is 0 Å². The Kier molecular flexibility index (Phi) is 5.62. The van der Waals surface area contributed by atoms with E-state index in [9.17, 15) is 0 Å². The zero-order valence-corrected chi connectivity index (χ0v) is 13.5. The summed E-state index contributed by atoms with van der Waals surface area (Å²) < 4.78 is 6.91. The Bertz CT molecular complexity index is 557. The second-order valence-electron chi connectivity index (χ2n) is 4.81. The van der Waals surface area contributed by atoms with Crippen LogP contribution in [0.25, 0.3) is 17.4 Å². The number of hydrogen-bond donors (Lipinski definition) is 1. The second-order valence-corrected chi connectivity index (χ2v) is 5.73. The van der Waals surface area contributed by atoms with Crippen LogP contribution in [-0.4, -0.2) is 12.6 Å². The average Bonchev–Trinajstić information content (AvgIpc) is 2.92. The van der Waals surface area contributed by atoms with Crippen molar-refractivity contribution in [2.75, 3.05) is 6.54 Å². The molecule has 1 unspecified atom stereocenters. The molecule has 1 aromatic carbocycles. The third-order valence-electron chi connectivity index (χ3n) is 3.02. The number of nitrogens with one attached hydrogen (secondary N) is 1. The number of halogens is 1. The van der Waals surface area contributed by atoms with E-state index in [0.717, 1.165) is 34.5 Å². The van der Waals surface area contributed by atoms with E-state index >= 15 is 0 Å². The normalized spacial score (nSPS) is 12.9. The van der Waals surface area contributed by atoms with Crippen LogP contribution in [0.2, 0.25) is 0 Å². The summed E-state index contributed by atoms with van der Waals surface area (Å²) in [5.41, 5.74) is 1.09. The number of rotatable bonds is 6. The van der Waals surface area contributed by atoms with Crippen molar-refractivity contribution in [3.05, 3.63) is 52.7 Å². The number of furan rings is 1. The van der Waals surface area contributed by atoms with Gasteiger partial charge in [0.2, 0.25) is 0 Å². The lowest BCUT2D eigenvalue weighted by atomic mass is 10.2. The maximum absolute atomic E-state index is 5.83. The van der Waals surface area contributed by atoms with Crippen LogP contribution in [0.15, 0.2) is 51.4 Å². The van der Waals surface area contributed by atoms with E-state index in [1.165, 1.54) is 0 Å². The third-order valence-corrected chi connectivity index (χ3v) is 3.55. The molecule has 2 aromatic rings. The van der Waals surface area contributed by atoms with Crippen LogP contribution in [0.1, 0.15) is 26.0 Å². The van der Waals surface area contributed by atoms with Crippen LogP contribution in [0, 0.1) is 0 Å². The molecule has 1 atom stereocenters. The molecule has 106 valence electrons. The van der Waals surface area contributed by atoms with Crippen molar-refractivity contribution >= 4 is 22.0 Å². The maximum Gasteiger partial charge on any atom is 0.134 e. The van der Waals surface area contributed by atoms with Crippen molar-refractivity contribution in [3.8, 4) is 11.3 Å². The van der Waals surface area contributed by atoms with Crippen LogP contribution in [0.5, 0.6) is 0 Å². The fraction of sp³-hybridized carbons (Fsp3) is 0.294. The van der Waals surface area contributed by atoms with Crippen molar-refractivity contribution < 1.29 is 4.42 Å². The lowest BCUT2D eigenvalue weighted by molar-refractivity contribution is 0.570. The maximum atomic E-state index is 5.83. The first-order valence-corrected chi connectivity index (χ1v) is 7.75. The lowest BCUT2D eigenvalue weighted by Gasteiger charge is -2.06. The first-order chi connectivity index (χ1) is 9.69. The molecule has 0 amide bonds. The molecule has 0 aliphatic heterocycles. The predicted molar refractivity (Wildman–Crippen MR) is 88.6 cm³/mol. The minimum atomic E-state index is 0.358. The Balaban J connectivity index is 2.02. The molecule has 2 rings (SSSR count). The van der Waals surface area contributed by atoms with Gasteiger partial charge in [0.15, 0.2) is 0 Å². The molecule has 0 radical (unpaired) electrons. The second kappa shape index (κ2) is 7.46. The molecule has 0 aliphatic carbocycles. The first-order valence-electron chi connectivity index (χ1n) is 6.96. The van der Waals surface area contributed by atoms with Crippen LogP contribution in [0.4, 0.5) is 0 Å². The number of hydrogen-bond acceptors (Lipinski definition) is 2. The topological polar surface area (TPSA) is 25.2 Å². The Morgan fingerprint density at radius 2 is 1.95 bits per heavy atom. The molecular weight excluding hydrogens is 314 g/mol. The van der Waals surface area contributed by atoms with Gasteiger partial charge in [0.25, 0.3) is 0 Å². The van der Waals surface area contributed by atoms with E-state index in [4.69, 9.17) is 4.42 Å². The van der Waals surface area contributed by atoms with Gasteiger partial charge in [-0.3, -0.25) is 0 Å². The summed E-state index contributed by atoms with van der Waals surface area (Å²) in [6.07, 6.45) is 5.29. The Morgan fingerprint density at radius 3 is 2.65 bits per heavy atom. The molecule has 1 aromatic heterocycles. The molecule has 0 saturated carbocycles. The minimum absolute atomic E-state index is 0.358. The van der Waals surface area contributed by atoms with E-state index in [1.54, 1.807) is 0 Å². The van der Waals surface area contributed by atoms with Crippen molar-refractivity contribution in [3.63, 3.8) is 0 Å². The minimum Gasteiger partial charge on any atom is -0.457 e. The van der Waals surface area contributed by atoms with Crippen molar-refractivity contribution in [2.24, 2.45) is 0 Å². The smallest absolute Gasteiger partial charge is 0.134 e. The van der Waals surface area contributed by atoms with Gasteiger partial charge < -0.3 is 9.73 Å². The zero-order valence-electron chi connectivity index (χ0n) is 11.9. The summed E-state index contributed by atoms with van der Waals surface area (Å²) in [6.45, 7) is 5.35. The standard InChI is InChI=1S/C17H20BrNO/c1-3-12-19-13(2)4-9-16-10-11-17(20-16)14-5-7-15(18)8-6-14/h4-11,13,19H,3,12H2,1-2H3/b9-4+. The quantitative estimate of drug-likeness (QED) is 0.794. The van der Waals surface area contributed by atoms with E-state index in [1.807, 2.05) is 42.5 Å². The summed E-state index contributed by atoms with van der Waals surface area (Å²) in [6, 6.07) is 12.5. The van der Waals surface area contributed by atoms with Gasteiger partial charge in [-0.15, -0.1) is 0 Å². The van der Waals surface area contributed by atoms with Gasteiger partial charge in [0.1, 0.15) is 11.5 Å². The molecule has 20 heavy (non-hydrogen) atoms. The summed E-state index contributed by atoms with van der Waals surface area (Å²) in [5, 5.41) is 3.41. The summed E-state index contributed by atoms with van der Waals surface area (Å²) in [4.78, 5) is 0. The fourth-order valence-electron chi connectivity index (χ4n) is 1.89. The Labute approximate surface area is 129 Å². The number of benzene rings is 1. The van der Waals surface area contributed by atoms with Crippen LogP contribution in [-0.2, 0) is 0 Å². The molecule has 1 heterocycles. The highest BCUT2D eigenvalue weighted by molar-refractivity contribution is 9.10. The lowest BCUT2D eigenvalue weighted by Crippen LogP contribution is -2.24. The molecular formula is C17H20BrNO. The van der Waals surface area contributed by atoms with Crippen molar-refractivity contribution in [1.29, 1.82) is 0 Å².